The molecule has 0 aliphatic rings. The summed E-state index contributed by atoms with van der Waals surface area (Å²) in [5.41, 5.74) is 2.69. The number of carbonyl (C=O) groups is 3. The summed E-state index contributed by atoms with van der Waals surface area (Å²) in [6, 6.07) is 25.7. The first-order chi connectivity index (χ1) is 22.2. The van der Waals surface area contributed by atoms with E-state index in [2.05, 4.69) is 20.9 Å². The predicted molar refractivity (Wildman–Crippen MR) is 190 cm³/mol. The highest BCUT2D eigenvalue weighted by Crippen LogP contribution is 2.31. The Balaban J connectivity index is 1.24. The number of thiazole rings is 1. The van der Waals surface area contributed by atoms with E-state index < -0.39 is 11.8 Å². The van der Waals surface area contributed by atoms with E-state index >= 15 is 0 Å². The lowest BCUT2D eigenvalue weighted by Crippen LogP contribution is -2.30. The van der Waals surface area contributed by atoms with Gasteiger partial charge in [0.15, 0.2) is 5.13 Å². The van der Waals surface area contributed by atoms with Crippen LogP contribution in [0.5, 0.6) is 0 Å². The van der Waals surface area contributed by atoms with Gasteiger partial charge < -0.3 is 16.0 Å². The normalized spacial score (nSPS) is 11.2. The Labute approximate surface area is 292 Å². The van der Waals surface area contributed by atoms with E-state index in [1.807, 2.05) is 11.4 Å². The van der Waals surface area contributed by atoms with Gasteiger partial charge in [-0.3, -0.25) is 14.4 Å². The summed E-state index contributed by atoms with van der Waals surface area (Å²) in [6.07, 6.45) is 1.46. The SMILES string of the molecule is O=C(CSc1cccc(NC(=O)/C(=C\c2cccc(Cl)c2Cl)NC(=O)c2ccccc2)c1)Nc1nc(-c2ccc(Cl)c(Cl)c2)cs1. The predicted octanol–water partition coefficient (Wildman–Crippen LogP) is 9.56. The highest BCUT2D eigenvalue weighted by molar-refractivity contribution is 8.00. The van der Waals surface area contributed by atoms with Gasteiger partial charge in [-0.25, -0.2) is 4.98 Å². The number of nitrogens with one attached hydrogen (secondary N) is 3. The Morgan fingerprint density at radius 3 is 2.37 bits per heavy atom. The van der Waals surface area contributed by atoms with Gasteiger partial charge in [0.2, 0.25) is 5.91 Å². The number of halogens is 4. The summed E-state index contributed by atoms with van der Waals surface area (Å²) in [4.78, 5) is 44.3. The van der Waals surface area contributed by atoms with Gasteiger partial charge in [0.1, 0.15) is 5.70 Å². The Hall–Kier alpha value is -3.83. The number of rotatable bonds is 10. The Morgan fingerprint density at radius 2 is 1.59 bits per heavy atom. The molecule has 232 valence electrons. The van der Waals surface area contributed by atoms with Gasteiger partial charge in [-0.05, 0) is 60.2 Å². The molecule has 0 unspecified atom stereocenters. The van der Waals surface area contributed by atoms with E-state index in [-0.39, 0.29) is 22.4 Å². The van der Waals surface area contributed by atoms with Gasteiger partial charge in [0.05, 0.1) is 31.5 Å². The van der Waals surface area contributed by atoms with Crippen LogP contribution in [0, 0.1) is 0 Å². The van der Waals surface area contributed by atoms with Gasteiger partial charge in [0, 0.05) is 27.1 Å². The van der Waals surface area contributed by atoms with Crippen LogP contribution in [0.3, 0.4) is 0 Å². The maximum absolute atomic E-state index is 13.4. The smallest absolute Gasteiger partial charge is 0.272 e. The third kappa shape index (κ3) is 8.91. The second-order valence-corrected chi connectivity index (χ2v) is 13.0. The van der Waals surface area contributed by atoms with Crippen molar-refractivity contribution in [3.8, 4) is 11.3 Å². The minimum atomic E-state index is -0.582. The second-order valence-electron chi connectivity index (χ2n) is 9.51. The van der Waals surface area contributed by atoms with Gasteiger partial charge in [0.25, 0.3) is 11.8 Å². The van der Waals surface area contributed by atoms with E-state index in [1.54, 1.807) is 84.9 Å². The van der Waals surface area contributed by atoms with E-state index in [0.29, 0.717) is 42.7 Å². The lowest BCUT2D eigenvalue weighted by Gasteiger charge is -2.13. The third-order valence-electron chi connectivity index (χ3n) is 6.24. The van der Waals surface area contributed by atoms with E-state index in [4.69, 9.17) is 46.4 Å². The van der Waals surface area contributed by atoms with Crippen molar-refractivity contribution in [2.24, 2.45) is 0 Å². The monoisotopic (exact) mass is 726 g/mol. The van der Waals surface area contributed by atoms with Crippen LogP contribution in [-0.4, -0.2) is 28.5 Å². The van der Waals surface area contributed by atoms with E-state index in [0.717, 1.165) is 10.5 Å². The number of benzene rings is 4. The second kappa shape index (κ2) is 15.6. The molecule has 0 fully saturated rings. The molecule has 46 heavy (non-hydrogen) atoms. The molecule has 0 aliphatic carbocycles. The quantitative estimate of drug-likeness (QED) is 0.0983. The first-order valence-electron chi connectivity index (χ1n) is 13.4. The van der Waals surface area contributed by atoms with Gasteiger partial charge in [-0.15, -0.1) is 23.1 Å². The molecule has 0 spiro atoms. The first kappa shape index (κ1) is 33.5. The molecule has 1 aromatic heterocycles. The largest absolute Gasteiger partial charge is 0.321 e. The van der Waals surface area contributed by atoms with E-state index in [9.17, 15) is 14.4 Å². The summed E-state index contributed by atoms with van der Waals surface area (Å²) in [7, 11) is 0. The molecule has 4 aromatic carbocycles. The molecule has 3 N–H and O–H groups in total. The average molecular weight is 729 g/mol. The summed E-state index contributed by atoms with van der Waals surface area (Å²) in [6.45, 7) is 0. The molecule has 5 aromatic rings. The van der Waals surface area contributed by atoms with Crippen molar-refractivity contribution in [2.75, 3.05) is 16.4 Å². The van der Waals surface area contributed by atoms with Gasteiger partial charge in [-0.2, -0.15) is 0 Å². The molecule has 0 bridgehead atoms. The van der Waals surface area contributed by atoms with Crippen LogP contribution in [-0.2, 0) is 9.59 Å². The number of nitrogens with zero attached hydrogens (tertiary/aromatic N) is 1. The fraction of sp³-hybridized carbons (Fsp3) is 0.0303. The molecule has 0 aliphatic heterocycles. The van der Waals surface area contributed by atoms with Crippen LogP contribution in [0.2, 0.25) is 20.1 Å². The minimum Gasteiger partial charge on any atom is -0.321 e. The first-order valence-corrected chi connectivity index (χ1v) is 16.8. The maximum atomic E-state index is 13.4. The fourth-order valence-corrected chi connectivity index (χ4v) is 6.17. The lowest BCUT2D eigenvalue weighted by molar-refractivity contribution is -0.114. The molecule has 0 saturated heterocycles. The van der Waals surface area contributed by atoms with Crippen molar-refractivity contribution >= 4 is 104 Å². The van der Waals surface area contributed by atoms with Crippen LogP contribution in [0.25, 0.3) is 17.3 Å². The van der Waals surface area contributed by atoms with Crippen molar-refractivity contribution in [2.45, 2.75) is 4.90 Å². The zero-order valence-corrected chi connectivity index (χ0v) is 28.2. The standard InChI is InChI=1S/C33H22Cl4N4O3S2/c34-24-13-12-20(14-26(24)36)28-17-46-33(40-28)41-29(42)18-45-23-10-5-9-22(16-23)38-32(44)27(15-21-8-4-11-25(35)30(21)37)39-31(43)19-6-2-1-3-7-19/h1-17H,18H2,(H,38,44)(H,39,43)(H,40,41,42)/b27-15+. The number of hydrogen-bond acceptors (Lipinski definition) is 6. The third-order valence-corrected chi connectivity index (χ3v) is 9.56. The molecule has 0 radical (unpaired) electrons. The van der Waals surface area contributed by atoms with Crippen molar-refractivity contribution in [3.63, 3.8) is 0 Å². The topological polar surface area (TPSA) is 100 Å². The number of aromatic nitrogens is 1. The minimum absolute atomic E-state index is 0.0425. The molecule has 5 rings (SSSR count). The molecule has 0 saturated carbocycles. The number of thioether (sulfide) groups is 1. The van der Waals surface area contributed by atoms with Crippen LogP contribution in [0.1, 0.15) is 15.9 Å². The molecular formula is C33H22Cl4N4O3S2. The number of anilines is 2. The van der Waals surface area contributed by atoms with Gasteiger partial charge in [-0.1, -0.05) is 88.9 Å². The molecule has 3 amide bonds. The highest BCUT2D eigenvalue weighted by atomic mass is 35.5. The van der Waals surface area contributed by atoms with Crippen LogP contribution in [0.4, 0.5) is 10.8 Å². The molecule has 1 heterocycles. The highest BCUT2D eigenvalue weighted by Gasteiger charge is 2.17. The number of carbonyl (C=O) groups excluding carboxylic acids is 3. The van der Waals surface area contributed by atoms with Crippen LogP contribution >= 0.6 is 69.5 Å². The van der Waals surface area contributed by atoms with Crippen molar-refractivity contribution < 1.29 is 14.4 Å². The van der Waals surface area contributed by atoms with Crippen molar-refractivity contribution in [1.82, 2.24) is 10.3 Å². The van der Waals surface area contributed by atoms with E-state index in [1.165, 1.54) is 29.2 Å². The Bertz CT molecular complexity index is 1950. The zero-order valence-electron chi connectivity index (χ0n) is 23.5. The molecule has 0 atom stereocenters. The average Bonchev–Trinajstić information content (AvgIpc) is 3.52. The van der Waals surface area contributed by atoms with Gasteiger partial charge >= 0.3 is 0 Å². The number of hydrogen-bond donors (Lipinski definition) is 3. The van der Waals surface area contributed by atoms with Crippen molar-refractivity contribution in [3.05, 3.63) is 133 Å². The lowest BCUT2D eigenvalue weighted by atomic mass is 10.1. The Morgan fingerprint density at radius 1 is 0.804 bits per heavy atom. The summed E-state index contributed by atoms with van der Waals surface area (Å²) < 4.78 is 0. The van der Waals surface area contributed by atoms with Crippen LogP contribution < -0.4 is 16.0 Å². The molecule has 13 heteroatoms. The zero-order chi connectivity index (χ0) is 32.6. The summed E-state index contributed by atoms with van der Waals surface area (Å²) in [5, 5.41) is 12.0. The van der Waals surface area contributed by atoms with Crippen LogP contribution in [0.15, 0.2) is 107 Å². The fourth-order valence-electron chi connectivity index (χ4n) is 4.02. The number of amides is 3. The summed E-state index contributed by atoms with van der Waals surface area (Å²) in [5.74, 6) is -1.20. The Kier molecular flexibility index (Phi) is 11.4. The summed E-state index contributed by atoms with van der Waals surface area (Å²) >= 11 is 27.2. The molecule has 7 nitrogen and oxygen atoms in total. The van der Waals surface area contributed by atoms with Crippen molar-refractivity contribution in [1.29, 1.82) is 0 Å². The maximum Gasteiger partial charge on any atom is 0.272 e. The molecular weight excluding hydrogens is 706 g/mol.